The zero-order valence-electron chi connectivity index (χ0n) is 18.0. The number of rotatable bonds is 9. The standard InChI is InChI=1S/C22H22F2N2O5S2/c1-14-4-7-16(8-5-14)25-33(28,29)19-10-11-32-20(19)21(27)26(2)13-15-6-9-17(30-3)18(12-15)31-22(23)24/h4-12,22,25H,13H2,1-3H3. The van der Waals surface area contributed by atoms with E-state index in [-0.39, 0.29) is 27.8 Å². The Morgan fingerprint density at radius 3 is 2.45 bits per heavy atom. The van der Waals surface area contributed by atoms with Crippen LogP contribution in [-0.2, 0) is 16.6 Å². The highest BCUT2D eigenvalue weighted by molar-refractivity contribution is 7.93. The van der Waals surface area contributed by atoms with E-state index in [0.717, 1.165) is 16.9 Å². The molecule has 33 heavy (non-hydrogen) atoms. The fourth-order valence-electron chi connectivity index (χ4n) is 3.02. The summed E-state index contributed by atoms with van der Waals surface area (Å²) in [5, 5.41) is 1.52. The molecule has 2 aromatic carbocycles. The molecule has 0 aliphatic carbocycles. The van der Waals surface area contributed by atoms with E-state index in [0.29, 0.717) is 11.3 Å². The number of hydrogen-bond donors (Lipinski definition) is 1. The maximum atomic E-state index is 13.0. The number of sulfonamides is 1. The lowest BCUT2D eigenvalue weighted by Gasteiger charge is -2.19. The predicted molar refractivity (Wildman–Crippen MR) is 122 cm³/mol. The van der Waals surface area contributed by atoms with Crippen molar-refractivity contribution in [2.45, 2.75) is 25.0 Å². The lowest BCUT2D eigenvalue weighted by atomic mass is 10.2. The highest BCUT2D eigenvalue weighted by atomic mass is 32.2. The van der Waals surface area contributed by atoms with Crippen LogP contribution in [0.3, 0.4) is 0 Å². The number of nitrogens with one attached hydrogen (secondary N) is 1. The van der Waals surface area contributed by atoms with Crippen LogP contribution in [0.15, 0.2) is 58.8 Å². The molecule has 3 rings (SSSR count). The number of carbonyl (C=O) groups excluding carboxylic acids is 1. The molecular formula is C22H22F2N2O5S2. The molecule has 176 valence electrons. The van der Waals surface area contributed by atoms with Gasteiger partial charge in [0, 0.05) is 19.3 Å². The highest BCUT2D eigenvalue weighted by Gasteiger charge is 2.26. The number of benzene rings is 2. The second-order valence-electron chi connectivity index (χ2n) is 7.11. The monoisotopic (exact) mass is 496 g/mol. The van der Waals surface area contributed by atoms with Gasteiger partial charge in [-0.2, -0.15) is 8.78 Å². The van der Waals surface area contributed by atoms with E-state index in [2.05, 4.69) is 9.46 Å². The summed E-state index contributed by atoms with van der Waals surface area (Å²) in [5.74, 6) is -0.559. The lowest BCUT2D eigenvalue weighted by Crippen LogP contribution is -2.27. The highest BCUT2D eigenvalue weighted by Crippen LogP contribution is 2.31. The number of halogens is 2. The number of hydrogen-bond acceptors (Lipinski definition) is 6. The minimum atomic E-state index is -4.00. The first kappa shape index (κ1) is 24.5. The van der Waals surface area contributed by atoms with E-state index in [4.69, 9.17) is 4.74 Å². The van der Waals surface area contributed by atoms with Gasteiger partial charge >= 0.3 is 6.61 Å². The van der Waals surface area contributed by atoms with Gasteiger partial charge in [-0.3, -0.25) is 9.52 Å². The summed E-state index contributed by atoms with van der Waals surface area (Å²) in [5.41, 5.74) is 1.86. The summed E-state index contributed by atoms with van der Waals surface area (Å²) in [4.78, 5) is 14.2. The third-order valence-corrected chi connectivity index (χ3v) is 7.08. The van der Waals surface area contributed by atoms with Gasteiger partial charge in [0.1, 0.15) is 9.77 Å². The molecule has 3 aromatic rings. The van der Waals surface area contributed by atoms with Crippen LogP contribution < -0.4 is 14.2 Å². The van der Waals surface area contributed by atoms with E-state index in [1.807, 2.05) is 6.92 Å². The van der Waals surface area contributed by atoms with Crippen molar-refractivity contribution in [2.24, 2.45) is 0 Å². The third-order valence-electron chi connectivity index (χ3n) is 4.63. The second kappa shape index (κ2) is 10.2. The number of anilines is 1. The maximum Gasteiger partial charge on any atom is 0.387 e. The summed E-state index contributed by atoms with van der Waals surface area (Å²) >= 11 is 1.000. The van der Waals surface area contributed by atoms with Crippen molar-refractivity contribution in [1.82, 2.24) is 4.90 Å². The van der Waals surface area contributed by atoms with E-state index in [1.54, 1.807) is 30.3 Å². The molecule has 1 N–H and O–H groups in total. The molecule has 1 aromatic heterocycles. The lowest BCUT2D eigenvalue weighted by molar-refractivity contribution is -0.0512. The van der Waals surface area contributed by atoms with Crippen LogP contribution in [0.1, 0.15) is 20.8 Å². The first-order valence-electron chi connectivity index (χ1n) is 9.65. The van der Waals surface area contributed by atoms with E-state index in [1.165, 1.54) is 42.6 Å². The van der Waals surface area contributed by atoms with Gasteiger partial charge in [-0.15, -0.1) is 11.3 Å². The summed E-state index contributed by atoms with van der Waals surface area (Å²) < 4.78 is 63.1. The van der Waals surface area contributed by atoms with Gasteiger partial charge in [0.2, 0.25) is 0 Å². The summed E-state index contributed by atoms with van der Waals surface area (Å²) in [6, 6.07) is 12.6. The van der Waals surface area contributed by atoms with Gasteiger partial charge in [-0.05, 0) is 48.2 Å². The number of ether oxygens (including phenoxy) is 2. The van der Waals surface area contributed by atoms with Crippen LogP contribution in [0, 0.1) is 6.92 Å². The molecule has 0 saturated heterocycles. The molecule has 1 heterocycles. The molecule has 0 atom stereocenters. The Morgan fingerprint density at radius 2 is 1.82 bits per heavy atom. The maximum absolute atomic E-state index is 13.0. The zero-order chi connectivity index (χ0) is 24.2. The van der Waals surface area contributed by atoms with Crippen molar-refractivity contribution in [3.8, 4) is 11.5 Å². The quantitative estimate of drug-likeness (QED) is 0.463. The molecule has 7 nitrogen and oxygen atoms in total. The van der Waals surface area contributed by atoms with Crippen molar-refractivity contribution >= 4 is 33.0 Å². The van der Waals surface area contributed by atoms with Crippen LogP contribution in [0.2, 0.25) is 0 Å². The number of aryl methyl sites for hydroxylation is 1. The SMILES string of the molecule is COc1ccc(CN(C)C(=O)c2sccc2S(=O)(=O)Nc2ccc(C)cc2)cc1OC(F)F. The Balaban J connectivity index is 1.80. The van der Waals surface area contributed by atoms with E-state index >= 15 is 0 Å². The fraction of sp³-hybridized carbons (Fsp3) is 0.227. The van der Waals surface area contributed by atoms with Gasteiger partial charge in [-0.1, -0.05) is 23.8 Å². The van der Waals surface area contributed by atoms with Crippen molar-refractivity contribution in [1.29, 1.82) is 0 Å². The Labute approximate surface area is 194 Å². The molecule has 0 aliphatic heterocycles. The third kappa shape index (κ3) is 5.99. The molecule has 0 fully saturated rings. The average Bonchev–Trinajstić information content (AvgIpc) is 3.25. The fourth-order valence-corrected chi connectivity index (χ4v) is 5.50. The number of amides is 1. The van der Waals surface area contributed by atoms with Gasteiger partial charge in [-0.25, -0.2) is 8.42 Å². The number of alkyl halides is 2. The van der Waals surface area contributed by atoms with Crippen LogP contribution >= 0.6 is 11.3 Å². The normalized spacial score (nSPS) is 11.3. The Bertz CT molecular complexity index is 1230. The van der Waals surface area contributed by atoms with Gasteiger partial charge < -0.3 is 14.4 Å². The Hall–Kier alpha value is -3.18. The van der Waals surface area contributed by atoms with Crippen LogP contribution in [0.25, 0.3) is 0 Å². The largest absolute Gasteiger partial charge is 0.493 e. The average molecular weight is 497 g/mol. The smallest absolute Gasteiger partial charge is 0.387 e. The van der Waals surface area contributed by atoms with Gasteiger partial charge in [0.15, 0.2) is 11.5 Å². The summed E-state index contributed by atoms with van der Waals surface area (Å²) in [6.07, 6.45) is 0. The first-order valence-corrected chi connectivity index (χ1v) is 12.0. The van der Waals surface area contributed by atoms with Gasteiger partial charge in [0.25, 0.3) is 15.9 Å². The molecule has 11 heteroatoms. The number of nitrogens with zero attached hydrogens (tertiary/aromatic N) is 1. The summed E-state index contributed by atoms with van der Waals surface area (Å²) in [6.45, 7) is -1.12. The number of thiophene rings is 1. The first-order chi connectivity index (χ1) is 15.6. The molecule has 0 aliphatic rings. The van der Waals surface area contributed by atoms with E-state index in [9.17, 15) is 22.0 Å². The minimum Gasteiger partial charge on any atom is -0.493 e. The summed E-state index contributed by atoms with van der Waals surface area (Å²) in [7, 11) is -1.19. The predicted octanol–water partition coefficient (Wildman–Crippen LogP) is 4.74. The molecule has 0 bridgehead atoms. The Morgan fingerprint density at radius 1 is 1.12 bits per heavy atom. The molecule has 0 saturated carbocycles. The van der Waals surface area contributed by atoms with E-state index < -0.39 is 22.5 Å². The van der Waals surface area contributed by atoms with Crippen LogP contribution in [0.5, 0.6) is 11.5 Å². The number of methoxy groups -OCH3 is 1. The van der Waals surface area contributed by atoms with Crippen LogP contribution in [-0.4, -0.2) is 40.0 Å². The van der Waals surface area contributed by atoms with Crippen LogP contribution in [0.4, 0.5) is 14.5 Å². The zero-order valence-corrected chi connectivity index (χ0v) is 19.7. The molecule has 0 unspecified atom stereocenters. The minimum absolute atomic E-state index is 0.0329. The topological polar surface area (TPSA) is 84.9 Å². The molecule has 0 radical (unpaired) electrons. The van der Waals surface area contributed by atoms with Crippen molar-refractivity contribution in [2.75, 3.05) is 18.9 Å². The van der Waals surface area contributed by atoms with Gasteiger partial charge in [0.05, 0.1) is 7.11 Å². The molecular weight excluding hydrogens is 474 g/mol. The molecule has 0 spiro atoms. The number of carbonyl (C=O) groups is 1. The molecule has 1 amide bonds. The van der Waals surface area contributed by atoms with Crippen molar-refractivity contribution < 1.29 is 31.5 Å². The van der Waals surface area contributed by atoms with Crippen molar-refractivity contribution in [3.05, 3.63) is 69.9 Å². The second-order valence-corrected chi connectivity index (χ2v) is 9.68. The Kier molecular flexibility index (Phi) is 7.54. The van der Waals surface area contributed by atoms with Crippen molar-refractivity contribution in [3.63, 3.8) is 0 Å².